The summed E-state index contributed by atoms with van der Waals surface area (Å²) in [5, 5.41) is 8.42. The second kappa shape index (κ2) is 4.77. The van der Waals surface area contributed by atoms with E-state index in [1.54, 1.807) is 6.07 Å². The van der Waals surface area contributed by atoms with E-state index in [1.165, 1.54) is 4.31 Å². The van der Waals surface area contributed by atoms with Gasteiger partial charge in [0.15, 0.2) is 0 Å². The predicted octanol–water partition coefficient (Wildman–Crippen LogP) is 1.63. The number of hydrogen-bond donors (Lipinski definition) is 1. The molecule has 0 spiro atoms. The molecule has 0 radical (unpaired) electrons. The van der Waals surface area contributed by atoms with Crippen molar-refractivity contribution in [3.8, 4) is 0 Å². The van der Waals surface area contributed by atoms with Crippen LogP contribution in [0, 0.1) is 5.92 Å². The quantitative estimate of drug-likeness (QED) is 0.919. The third-order valence-corrected chi connectivity index (χ3v) is 6.63. The average molecular weight is 295 g/mol. The topological polar surface area (TPSA) is 74.7 Å². The van der Waals surface area contributed by atoms with Crippen molar-refractivity contribution in [3.63, 3.8) is 0 Å². The fourth-order valence-corrected chi connectivity index (χ4v) is 5.56. The van der Waals surface area contributed by atoms with Gasteiger partial charge in [-0.25, -0.2) is 8.42 Å². The van der Waals surface area contributed by atoms with Crippen LogP contribution in [0.25, 0.3) is 0 Å². The van der Waals surface area contributed by atoms with Crippen molar-refractivity contribution in [1.29, 1.82) is 0 Å². The highest BCUT2D eigenvalue weighted by molar-refractivity contribution is 7.93. The van der Waals surface area contributed by atoms with Gasteiger partial charge >= 0.3 is 5.97 Å². The molecule has 1 fully saturated rings. The lowest BCUT2D eigenvalue weighted by molar-refractivity contribution is -0.141. The Morgan fingerprint density at radius 1 is 1.25 bits per heavy atom. The maximum atomic E-state index is 12.8. The van der Waals surface area contributed by atoms with Gasteiger partial charge in [-0.15, -0.1) is 0 Å². The lowest BCUT2D eigenvalue weighted by Crippen LogP contribution is -2.41. The van der Waals surface area contributed by atoms with E-state index in [2.05, 4.69) is 0 Å². The highest BCUT2D eigenvalue weighted by Crippen LogP contribution is 2.38. The van der Waals surface area contributed by atoms with E-state index in [4.69, 9.17) is 0 Å². The largest absolute Gasteiger partial charge is 0.481 e. The van der Waals surface area contributed by atoms with E-state index in [-0.39, 0.29) is 0 Å². The number of carboxylic acid groups (broad SMARTS) is 1. The summed E-state index contributed by atoms with van der Waals surface area (Å²) in [6.45, 7) is 0.421. The number of benzene rings is 1. The molecule has 108 valence electrons. The average Bonchev–Trinajstić information content (AvgIpc) is 3.06. The smallest absolute Gasteiger partial charge is 0.307 e. The van der Waals surface area contributed by atoms with Crippen LogP contribution in [0.3, 0.4) is 0 Å². The number of carboxylic acids is 1. The van der Waals surface area contributed by atoms with Crippen molar-refractivity contribution < 1.29 is 18.3 Å². The van der Waals surface area contributed by atoms with Crippen LogP contribution in [0.5, 0.6) is 0 Å². The third kappa shape index (κ3) is 1.98. The molecule has 6 heteroatoms. The zero-order chi connectivity index (χ0) is 14.3. The van der Waals surface area contributed by atoms with E-state index in [1.807, 2.05) is 18.2 Å². The number of sulfonamides is 1. The molecule has 2 unspecified atom stereocenters. The van der Waals surface area contributed by atoms with Gasteiger partial charge in [-0.3, -0.25) is 9.10 Å². The molecule has 1 N–H and O–H groups in total. The van der Waals surface area contributed by atoms with Crippen LogP contribution in [0.4, 0.5) is 5.69 Å². The summed E-state index contributed by atoms with van der Waals surface area (Å²) in [6.07, 6.45) is 2.25. The van der Waals surface area contributed by atoms with Gasteiger partial charge < -0.3 is 5.11 Å². The minimum atomic E-state index is -3.59. The molecule has 2 atom stereocenters. The summed E-state index contributed by atoms with van der Waals surface area (Å²) in [7, 11) is -3.59. The molecule has 1 aliphatic carbocycles. The molecule has 1 aromatic carbocycles. The normalized spacial score (nSPS) is 25.7. The first kappa shape index (κ1) is 13.4. The Labute approximate surface area is 118 Å². The van der Waals surface area contributed by atoms with Crippen LogP contribution in [-0.4, -0.2) is 31.3 Å². The number of anilines is 1. The van der Waals surface area contributed by atoms with Gasteiger partial charge in [0.25, 0.3) is 0 Å². The Morgan fingerprint density at radius 3 is 2.75 bits per heavy atom. The number of hydrogen-bond acceptors (Lipinski definition) is 3. The molecular weight excluding hydrogens is 278 g/mol. The summed E-state index contributed by atoms with van der Waals surface area (Å²) in [5.74, 6) is -1.77. The minimum absolute atomic E-state index is 0.421. The maximum absolute atomic E-state index is 12.8. The van der Waals surface area contributed by atoms with Gasteiger partial charge in [0.2, 0.25) is 10.0 Å². The number of fused-ring (bicyclic) bond motifs is 1. The van der Waals surface area contributed by atoms with E-state index >= 15 is 0 Å². The number of rotatable bonds is 3. The number of aliphatic carboxylic acids is 1. The Morgan fingerprint density at radius 2 is 2.00 bits per heavy atom. The highest BCUT2D eigenvalue weighted by atomic mass is 32.2. The first-order valence-electron chi connectivity index (χ1n) is 6.84. The SMILES string of the molecule is O=C(O)C1CCCC1S(=O)(=O)N1CCc2ccccc21. The first-order chi connectivity index (χ1) is 9.51. The fourth-order valence-electron chi connectivity index (χ4n) is 3.30. The molecule has 0 saturated heterocycles. The van der Waals surface area contributed by atoms with Crippen LogP contribution in [0.2, 0.25) is 0 Å². The molecule has 0 amide bonds. The van der Waals surface area contributed by atoms with Gasteiger partial charge in [-0.1, -0.05) is 24.6 Å². The number of nitrogens with zero attached hydrogens (tertiary/aromatic N) is 1. The Hall–Kier alpha value is -1.56. The van der Waals surface area contributed by atoms with Crippen LogP contribution in [-0.2, 0) is 21.2 Å². The van der Waals surface area contributed by atoms with Crippen molar-refractivity contribution in [3.05, 3.63) is 29.8 Å². The summed E-state index contributed by atoms with van der Waals surface area (Å²) >= 11 is 0. The highest BCUT2D eigenvalue weighted by Gasteiger charge is 2.45. The summed E-state index contributed by atoms with van der Waals surface area (Å²) in [4.78, 5) is 11.2. The van der Waals surface area contributed by atoms with Crippen molar-refractivity contribution >= 4 is 21.7 Å². The van der Waals surface area contributed by atoms with E-state index in [0.29, 0.717) is 37.9 Å². The van der Waals surface area contributed by atoms with Crippen LogP contribution in [0.1, 0.15) is 24.8 Å². The molecule has 0 aromatic heterocycles. The van der Waals surface area contributed by atoms with E-state index < -0.39 is 27.2 Å². The lowest BCUT2D eigenvalue weighted by atomic mass is 10.1. The van der Waals surface area contributed by atoms with Crippen LogP contribution < -0.4 is 4.31 Å². The van der Waals surface area contributed by atoms with Gasteiger partial charge in [0.1, 0.15) is 0 Å². The first-order valence-corrected chi connectivity index (χ1v) is 8.34. The van der Waals surface area contributed by atoms with Gasteiger partial charge in [-0.05, 0) is 30.9 Å². The monoisotopic (exact) mass is 295 g/mol. The van der Waals surface area contributed by atoms with Crippen LogP contribution in [0.15, 0.2) is 24.3 Å². The molecule has 3 rings (SSSR count). The van der Waals surface area contributed by atoms with Gasteiger partial charge in [0.05, 0.1) is 16.9 Å². The molecule has 1 saturated carbocycles. The summed E-state index contributed by atoms with van der Waals surface area (Å²) < 4.78 is 27.0. The minimum Gasteiger partial charge on any atom is -0.481 e. The van der Waals surface area contributed by atoms with Crippen molar-refractivity contribution in [2.24, 2.45) is 5.92 Å². The zero-order valence-corrected chi connectivity index (χ0v) is 11.8. The molecule has 5 nitrogen and oxygen atoms in total. The second-order valence-corrected chi connectivity index (χ2v) is 7.49. The maximum Gasteiger partial charge on any atom is 0.307 e. The molecule has 2 aliphatic rings. The van der Waals surface area contributed by atoms with Gasteiger partial charge in [-0.2, -0.15) is 0 Å². The fraction of sp³-hybridized carbons (Fsp3) is 0.500. The number of para-hydroxylation sites is 1. The van der Waals surface area contributed by atoms with Crippen molar-refractivity contribution in [2.45, 2.75) is 30.9 Å². The van der Waals surface area contributed by atoms with E-state index in [9.17, 15) is 18.3 Å². The van der Waals surface area contributed by atoms with Gasteiger partial charge in [0, 0.05) is 6.54 Å². The van der Waals surface area contributed by atoms with Crippen LogP contribution >= 0.6 is 0 Å². The Kier molecular flexibility index (Phi) is 3.20. The molecule has 1 heterocycles. The molecule has 1 aliphatic heterocycles. The van der Waals surface area contributed by atoms with E-state index in [0.717, 1.165) is 5.56 Å². The Bertz CT molecular complexity index is 640. The van der Waals surface area contributed by atoms with Crippen molar-refractivity contribution in [2.75, 3.05) is 10.8 Å². The molecule has 20 heavy (non-hydrogen) atoms. The third-order valence-electron chi connectivity index (χ3n) is 4.30. The standard InChI is InChI=1S/C14H17NO4S/c16-14(17)11-5-3-7-13(11)20(18,19)15-9-8-10-4-1-2-6-12(10)15/h1-2,4,6,11,13H,3,5,7-9H2,(H,16,17). The predicted molar refractivity (Wildman–Crippen MR) is 75.2 cm³/mol. The summed E-state index contributed by atoms with van der Waals surface area (Å²) in [6, 6.07) is 7.43. The number of carbonyl (C=O) groups is 1. The Balaban J connectivity index is 1.96. The second-order valence-electron chi connectivity index (χ2n) is 5.41. The zero-order valence-electron chi connectivity index (χ0n) is 11.0. The summed E-state index contributed by atoms with van der Waals surface area (Å²) in [5.41, 5.74) is 1.73. The molecule has 1 aromatic rings. The van der Waals surface area contributed by atoms with Crippen molar-refractivity contribution in [1.82, 2.24) is 0 Å². The molecule has 0 bridgehead atoms. The molecular formula is C14H17NO4S. The lowest BCUT2D eigenvalue weighted by Gasteiger charge is -2.25.